The molecule has 0 radical (unpaired) electrons. The second-order valence-corrected chi connectivity index (χ2v) is 7.90. The number of nitrogens with zero attached hydrogens (tertiary/aromatic N) is 3. The van der Waals surface area contributed by atoms with E-state index in [1.54, 1.807) is 70.3 Å². The van der Waals surface area contributed by atoms with E-state index in [1.165, 1.54) is 10.6 Å². The van der Waals surface area contributed by atoms with Crippen molar-refractivity contribution in [2.75, 3.05) is 12.4 Å². The van der Waals surface area contributed by atoms with Crippen LogP contribution in [0.1, 0.15) is 16.8 Å². The van der Waals surface area contributed by atoms with Crippen LogP contribution in [-0.2, 0) is 11.3 Å². The van der Waals surface area contributed by atoms with E-state index in [9.17, 15) is 14.0 Å². The molecule has 0 spiro atoms. The number of hydrogen-bond donors (Lipinski definition) is 1. The molecule has 4 aromatic rings. The van der Waals surface area contributed by atoms with Crippen LogP contribution >= 0.6 is 0 Å². The van der Waals surface area contributed by atoms with E-state index in [0.717, 1.165) is 0 Å². The lowest BCUT2D eigenvalue weighted by Crippen LogP contribution is -2.30. The predicted octanol–water partition coefficient (Wildman–Crippen LogP) is 4.28. The van der Waals surface area contributed by atoms with E-state index in [4.69, 9.17) is 9.26 Å². The molecule has 0 bridgehead atoms. The number of carbonyl (C=O) groups is 1. The van der Waals surface area contributed by atoms with Crippen molar-refractivity contribution < 1.29 is 18.4 Å². The van der Waals surface area contributed by atoms with Gasteiger partial charge >= 0.3 is 0 Å². The lowest BCUT2D eigenvalue weighted by atomic mass is 10.1. The summed E-state index contributed by atoms with van der Waals surface area (Å²) in [6, 6.07) is 13.3. The number of aryl methyl sites for hydroxylation is 3. The molecule has 0 saturated carbocycles. The van der Waals surface area contributed by atoms with E-state index in [-0.39, 0.29) is 18.0 Å². The molecule has 9 heteroatoms. The molecule has 2 aromatic carbocycles. The zero-order valence-electron chi connectivity index (χ0n) is 19.2. The molecule has 2 heterocycles. The summed E-state index contributed by atoms with van der Waals surface area (Å²) in [5, 5.41) is 6.62. The van der Waals surface area contributed by atoms with E-state index >= 15 is 0 Å². The lowest BCUT2D eigenvalue weighted by Gasteiger charge is -2.13. The van der Waals surface area contributed by atoms with Crippen LogP contribution in [0.15, 0.2) is 57.8 Å². The van der Waals surface area contributed by atoms with Gasteiger partial charge in [-0.1, -0.05) is 11.2 Å². The minimum atomic E-state index is -0.465. The smallest absolute Gasteiger partial charge is 0.264 e. The fourth-order valence-corrected chi connectivity index (χ4v) is 3.58. The van der Waals surface area contributed by atoms with Crippen molar-refractivity contribution >= 4 is 11.6 Å². The van der Waals surface area contributed by atoms with Crippen LogP contribution < -0.4 is 15.6 Å². The van der Waals surface area contributed by atoms with Crippen molar-refractivity contribution in [1.82, 2.24) is 14.7 Å². The Labute approximate surface area is 195 Å². The summed E-state index contributed by atoms with van der Waals surface area (Å²) in [6.45, 7) is 4.87. The van der Waals surface area contributed by atoms with Crippen LogP contribution in [0.2, 0.25) is 0 Å². The Balaban J connectivity index is 1.62. The van der Waals surface area contributed by atoms with Gasteiger partial charge in [0.2, 0.25) is 11.7 Å². The Morgan fingerprint density at radius 3 is 2.50 bits per heavy atom. The number of halogens is 1. The zero-order chi connectivity index (χ0) is 24.4. The van der Waals surface area contributed by atoms with Gasteiger partial charge in [0.15, 0.2) is 0 Å². The Morgan fingerprint density at radius 2 is 1.82 bits per heavy atom. The number of pyridine rings is 1. The van der Waals surface area contributed by atoms with Gasteiger partial charge in [-0.2, -0.15) is 4.98 Å². The van der Waals surface area contributed by atoms with Gasteiger partial charge in [0, 0.05) is 16.9 Å². The van der Waals surface area contributed by atoms with Crippen LogP contribution in [0.3, 0.4) is 0 Å². The summed E-state index contributed by atoms with van der Waals surface area (Å²) in [7, 11) is 1.58. The maximum absolute atomic E-state index is 13.8. The lowest BCUT2D eigenvalue weighted by molar-refractivity contribution is -0.116. The number of carbonyl (C=O) groups excluding carboxylic acids is 1. The van der Waals surface area contributed by atoms with Crippen molar-refractivity contribution in [2.24, 2.45) is 0 Å². The molecule has 1 N–H and O–H groups in total. The molecule has 34 heavy (non-hydrogen) atoms. The van der Waals surface area contributed by atoms with Crippen molar-refractivity contribution in [1.29, 1.82) is 0 Å². The average Bonchev–Trinajstić information content (AvgIpc) is 3.28. The Kier molecular flexibility index (Phi) is 6.27. The number of nitrogens with one attached hydrogen (secondary N) is 1. The third-order valence-electron chi connectivity index (χ3n) is 5.45. The highest BCUT2D eigenvalue weighted by molar-refractivity contribution is 5.90. The van der Waals surface area contributed by atoms with Gasteiger partial charge in [0.05, 0.1) is 7.11 Å². The summed E-state index contributed by atoms with van der Waals surface area (Å²) in [5.74, 6) is 0.183. The molecule has 0 unspecified atom stereocenters. The predicted molar refractivity (Wildman–Crippen MR) is 125 cm³/mol. The quantitative estimate of drug-likeness (QED) is 0.459. The number of methoxy groups -OCH3 is 1. The third kappa shape index (κ3) is 4.59. The number of anilines is 1. The molecule has 174 valence electrons. The molecule has 0 aliphatic heterocycles. The van der Waals surface area contributed by atoms with Crippen LogP contribution in [0.25, 0.3) is 22.8 Å². The van der Waals surface area contributed by atoms with Gasteiger partial charge in [0.1, 0.15) is 23.7 Å². The Hall–Kier alpha value is -4.27. The minimum Gasteiger partial charge on any atom is -0.497 e. The number of ether oxygens (including phenoxy) is 1. The van der Waals surface area contributed by atoms with Gasteiger partial charge in [0.25, 0.3) is 11.4 Å². The van der Waals surface area contributed by atoms with Gasteiger partial charge in [-0.3, -0.25) is 9.59 Å². The van der Waals surface area contributed by atoms with Crippen molar-refractivity contribution in [2.45, 2.75) is 27.3 Å². The molecular weight excluding hydrogens is 439 g/mol. The fourth-order valence-electron chi connectivity index (χ4n) is 3.58. The minimum absolute atomic E-state index is 0.0584. The van der Waals surface area contributed by atoms with Gasteiger partial charge in [-0.05, 0) is 74.4 Å². The fraction of sp³-hybridized carbons (Fsp3) is 0.200. The maximum atomic E-state index is 13.8. The third-order valence-corrected chi connectivity index (χ3v) is 5.45. The molecule has 1 amide bonds. The van der Waals surface area contributed by atoms with Gasteiger partial charge in [-0.25, -0.2) is 4.39 Å². The standard InChI is InChI=1S/C25H23FN4O4/c1-14-5-8-18(12-20(14)26)27-21(31)13-30-16(3)11-15(2)22(25(30)32)24-28-23(29-34-24)17-6-9-19(33-4)10-7-17/h5-12H,13H2,1-4H3,(H,27,31). The van der Waals surface area contributed by atoms with Gasteiger partial charge in [-0.15, -0.1) is 0 Å². The van der Waals surface area contributed by atoms with Crippen LogP contribution in [0, 0.1) is 26.6 Å². The zero-order valence-corrected chi connectivity index (χ0v) is 19.2. The van der Waals surface area contributed by atoms with Gasteiger partial charge < -0.3 is 19.1 Å². The number of hydrogen-bond acceptors (Lipinski definition) is 6. The molecule has 0 fully saturated rings. The van der Waals surface area contributed by atoms with Crippen LogP contribution in [0.5, 0.6) is 5.75 Å². The number of rotatable bonds is 6. The van der Waals surface area contributed by atoms with Crippen molar-refractivity contribution in [3.63, 3.8) is 0 Å². The SMILES string of the molecule is COc1ccc(-c2noc(-c3c(C)cc(C)n(CC(=O)Nc4ccc(C)c(F)c4)c3=O)n2)cc1. The molecule has 0 atom stereocenters. The molecule has 0 saturated heterocycles. The topological polar surface area (TPSA) is 99.3 Å². The molecule has 2 aromatic heterocycles. The normalized spacial score (nSPS) is 10.9. The van der Waals surface area contributed by atoms with Crippen LogP contribution in [-0.4, -0.2) is 27.7 Å². The second kappa shape index (κ2) is 9.30. The Morgan fingerprint density at radius 1 is 1.09 bits per heavy atom. The molecule has 8 nitrogen and oxygen atoms in total. The Bertz CT molecular complexity index is 1420. The molecule has 0 aliphatic carbocycles. The first-order valence-electron chi connectivity index (χ1n) is 10.5. The summed E-state index contributed by atoms with van der Waals surface area (Å²) >= 11 is 0. The van der Waals surface area contributed by atoms with E-state index in [2.05, 4.69) is 15.5 Å². The van der Waals surface area contributed by atoms with E-state index in [1.807, 2.05) is 0 Å². The highest BCUT2D eigenvalue weighted by Crippen LogP contribution is 2.24. The maximum Gasteiger partial charge on any atom is 0.264 e. The number of amides is 1. The molecule has 4 rings (SSSR count). The summed E-state index contributed by atoms with van der Waals surface area (Å²) < 4.78 is 25.7. The van der Waals surface area contributed by atoms with E-state index in [0.29, 0.717) is 39.6 Å². The van der Waals surface area contributed by atoms with Crippen molar-refractivity contribution in [3.8, 4) is 28.6 Å². The first kappa shape index (κ1) is 22.9. The summed E-state index contributed by atoms with van der Waals surface area (Å²) in [6.07, 6.45) is 0. The average molecular weight is 462 g/mol. The first-order chi connectivity index (χ1) is 16.3. The van der Waals surface area contributed by atoms with E-state index < -0.39 is 17.3 Å². The summed E-state index contributed by atoms with van der Waals surface area (Å²) in [5.41, 5.74) is 2.50. The largest absolute Gasteiger partial charge is 0.497 e. The molecular formula is C25H23FN4O4. The van der Waals surface area contributed by atoms with Crippen LogP contribution in [0.4, 0.5) is 10.1 Å². The summed E-state index contributed by atoms with van der Waals surface area (Å²) in [4.78, 5) is 30.3. The number of benzene rings is 2. The van der Waals surface area contributed by atoms with Crippen molar-refractivity contribution in [3.05, 3.63) is 81.5 Å². The number of aromatic nitrogens is 3. The monoisotopic (exact) mass is 462 g/mol. The highest BCUT2D eigenvalue weighted by Gasteiger charge is 2.20. The highest BCUT2D eigenvalue weighted by atomic mass is 19.1. The second-order valence-electron chi connectivity index (χ2n) is 7.90. The first-order valence-corrected chi connectivity index (χ1v) is 10.5. The molecule has 0 aliphatic rings.